The van der Waals surface area contributed by atoms with E-state index in [9.17, 15) is 9.59 Å². The monoisotopic (exact) mass is 332 g/mol. The molecule has 0 aliphatic heterocycles. The molecule has 3 heteroatoms. The highest BCUT2D eigenvalue weighted by Crippen LogP contribution is 2.71. The van der Waals surface area contributed by atoms with Gasteiger partial charge < -0.3 is 4.74 Å². The molecule has 2 bridgehead atoms. The molecule has 0 heterocycles. The summed E-state index contributed by atoms with van der Waals surface area (Å²) in [5.41, 5.74) is -0.438. The summed E-state index contributed by atoms with van der Waals surface area (Å²) in [4.78, 5) is 26.0. The van der Waals surface area contributed by atoms with E-state index in [2.05, 4.69) is 20.8 Å². The summed E-state index contributed by atoms with van der Waals surface area (Å²) in [6.45, 7) is 6.82. The van der Waals surface area contributed by atoms with Crippen LogP contribution in [-0.2, 0) is 14.3 Å². The molecule has 0 saturated heterocycles. The predicted molar refractivity (Wildman–Crippen MR) is 92.2 cm³/mol. The second-order valence-corrected chi connectivity index (χ2v) is 9.88. The number of hydrogen-bond donors (Lipinski definition) is 0. The van der Waals surface area contributed by atoms with E-state index in [4.69, 9.17) is 4.74 Å². The van der Waals surface area contributed by atoms with Gasteiger partial charge in [0.05, 0.1) is 12.5 Å². The normalized spacial score (nSPS) is 53.2. The largest absolute Gasteiger partial charge is 0.469 e. The lowest BCUT2D eigenvalue weighted by Gasteiger charge is -2.62. The molecule has 3 nitrogen and oxygen atoms in total. The third kappa shape index (κ3) is 1.85. The fourth-order valence-corrected chi connectivity index (χ4v) is 7.86. The van der Waals surface area contributed by atoms with Crippen LogP contribution < -0.4 is 0 Å². The van der Waals surface area contributed by atoms with Gasteiger partial charge >= 0.3 is 5.97 Å². The van der Waals surface area contributed by atoms with Crippen molar-refractivity contribution in [3.05, 3.63) is 0 Å². The van der Waals surface area contributed by atoms with Crippen molar-refractivity contribution in [3.8, 4) is 0 Å². The highest BCUT2D eigenvalue weighted by molar-refractivity contribution is 5.89. The predicted octanol–water partition coefficient (Wildman–Crippen LogP) is 4.39. The number of ether oxygens (including phenoxy) is 1. The van der Waals surface area contributed by atoms with Crippen molar-refractivity contribution in [1.82, 2.24) is 0 Å². The van der Waals surface area contributed by atoms with Crippen LogP contribution in [0, 0.1) is 39.9 Å². The Hall–Kier alpha value is -0.860. The number of rotatable bonds is 1. The third-order valence-corrected chi connectivity index (χ3v) is 8.98. The first-order valence-electron chi connectivity index (χ1n) is 9.90. The van der Waals surface area contributed by atoms with E-state index in [-0.39, 0.29) is 22.7 Å². The first-order chi connectivity index (χ1) is 11.3. The van der Waals surface area contributed by atoms with Gasteiger partial charge in [0, 0.05) is 11.8 Å². The number of esters is 1. The van der Waals surface area contributed by atoms with Crippen LogP contribution in [0.5, 0.6) is 0 Å². The lowest BCUT2D eigenvalue weighted by atomic mass is 9.40. The van der Waals surface area contributed by atoms with Gasteiger partial charge in [-0.2, -0.15) is 0 Å². The van der Waals surface area contributed by atoms with Gasteiger partial charge in [-0.25, -0.2) is 0 Å². The average Bonchev–Trinajstić information content (AvgIpc) is 2.80. The lowest BCUT2D eigenvalue weighted by molar-refractivity contribution is -0.186. The Bertz CT molecular complexity index is 580. The Balaban J connectivity index is 1.78. The molecule has 0 amide bonds. The molecule has 7 unspecified atom stereocenters. The van der Waals surface area contributed by atoms with Crippen molar-refractivity contribution >= 4 is 11.8 Å². The third-order valence-electron chi connectivity index (χ3n) is 8.98. The van der Waals surface area contributed by atoms with Gasteiger partial charge in [0.2, 0.25) is 0 Å². The topological polar surface area (TPSA) is 43.4 Å². The molecule has 0 aromatic carbocycles. The van der Waals surface area contributed by atoms with E-state index >= 15 is 0 Å². The standard InChI is InChI=1S/C21H32O3/c1-13-11-21-12-14(13)6-7-15(21)19(2)8-5-9-20(3,18(23)24-4)16(19)10-17(21)22/h13-16H,5-12H2,1-4H3. The van der Waals surface area contributed by atoms with Crippen molar-refractivity contribution in [2.45, 2.75) is 72.1 Å². The van der Waals surface area contributed by atoms with Gasteiger partial charge in [-0.1, -0.05) is 20.3 Å². The smallest absolute Gasteiger partial charge is 0.311 e. The summed E-state index contributed by atoms with van der Waals surface area (Å²) >= 11 is 0. The van der Waals surface area contributed by atoms with Gasteiger partial charge in [-0.05, 0) is 74.5 Å². The minimum absolute atomic E-state index is 0.0675. The summed E-state index contributed by atoms with van der Waals surface area (Å²) in [7, 11) is 1.50. The summed E-state index contributed by atoms with van der Waals surface area (Å²) in [6.07, 6.45) is 8.39. The van der Waals surface area contributed by atoms with Crippen LogP contribution in [0.25, 0.3) is 0 Å². The highest BCUT2D eigenvalue weighted by atomic mass is 16.5. The minimum Gasteiger partial charge on any atom is -0.469 e. The molecule has 134 valence electrons. The van der Waals surface area contributed by atoms with Crippen LogP contribution >= 0.6 is 0 Å². The van der Waals surface area contributed by atoms with Crippen molar-refractivity contribution in [2.24, 2.45) is 39.9 Å². The summed E-state index contributed by atoms with van der Waals surface area (Å²) in [5.74, 6) is 2.44. The molecule has 0 aromatic heterocycles. The van der Waals surface area contributed by atoms with Crippen LogP contribution in [0.15, 0.2) is 0 Å². The van der Waals surface area contributed by atoms with Crippen molar-refractivity contribution in [2.75, 3.05) is 7.11 Å². The Morgan fingerprint density at radius 3 is 2.58 bits per heavy atom. The van der Waals surface area contributed by atoms with Crippen LogP contribution in [0.1, 0.15) is 72.1 Å². The zero-order valence-electron chi connectivity index (χ0n) is 15.7. The second-order valence-electron chi connectivity index (χ2n) is 9.88. The second kappa shape index (κ2) is 5.08. The van der Waals surface area contributed by atoms with Gasteiger partial charge in [0.15, 0.2) is 0 Å². The molecule has 0 N–H and O–H groups in total. The molecular formula is C21H32O3. The van der Waals surface area contributed by atoms with E-state index in [1.54, 1.807) is 0 Å². The van der Waals surface area contributed by atoms with Gasteiger partial charge in [-0.15, -0.1) is 0 Å². The molecule has 4 aliphatic rings. The van der Waals surface area contributed by atoms with Crippen molar-refractivity contribution in [3.63, 3.8) is 0 Å². The van der Waals surface area contributed by atoms with Crippen LogP contribution in [0.3, 0.4) is 0 Å². The number of ketones is 1. The van der Waals surface area contributed by atoms with Crippen molar-refractivity contribution in [1.29, 1.82) is 0 Å². The molecule has 24 heavy (non-hydrogen) atoms. The molecule has 4 rings (SSSR count). The molecule has 4 aliphatic carbocycles. The SMILES string of the molecule is COC(=O)C1(C)CCCC2(C)C1CC(=O)C13CC(C)C(CCC12)C3. The lowest BCUT2D eigenvalue weighted by Crippen LogP contribution is -2.61. The van der Waals surface area contributed by atoms with Gasteiger partial charge in [0.1, 0.15) is 5.78 Å². The first-order valence-corrected chi connectivity index (χ1v) is 9.90. The Kier molecular flexibility index (Phi) is 3.51. The van der Waals surface area contributed by atoms with Crippen LogP contribution in [-0.4, -0.2) is 18.9 Å². The van der Waals surface area contributed by atoms with Crippen LogP contribution in [0.2, 0.25) is 0 Å². The first kappa shape index (κ1) is 16.6. The average molecular weight is 332 g/mol. The zero-order chi connectivity index (χ0) is 17.3. The molecular weight excluding hydrogens is 300 g/mol. The Labute approximate surface area is 145 Å². The summed E-state index contributed by atoms with van der Waals surface area (Å²) in [6, 6.07) is 0. The Morgan fingerprint density at radius 2 is 1.88 bits per heavy atom. The molecule has 0 radical (unpaired) electrons. The number of methoxy groups -OCH3 is 1. The van der Waals surface area contributed by atoms with Crippen molar-refractivity contribution < 1.29 is 14.3 Å². The quantitative estimate of drug-likeness (QED) is 0.669. The summed E-state index contributed by atoms with van der Waals surface area (Å²) < 4.78 is 5.18. The number of carbonyl (C=O) groups excluding carboxylic acids is 2. The van der Waals surface area contributed by atoms with E-state index in [0.29, 0.717) is 24.0 Å². The Morgan fingerprint density at radius 1 is 1.12 bits per heavy atom. The zero-order valence-corrected chi connectivity index (χ0v) is 15.7. The minimum atomic E-state index is -0.486. The number of Topliss-reactive ketones (excluding diaryl/α,β-unsaturated/α-hetero) is 1. The van der Waals surface area contributed by atoms with Gasteiger partial charge in [-0.3, -0.25) is 9.59 Å². The number of fused-ring (bicyclic) bond motifs is 3. The fraction of sp³-hybridized carbons (Fsp3) is 0.905. The number of carbonyl (C=O) groups is 2. The maximum atomic E-state index is 13.4. The van der Waals surface area contributed by atoms with Crippen LogP contribution in [0.4, 0.5) is 0 Å². The molecule has 7 atom stereocenters. The highest BCUT2D eigenvalue weighted by Gasteiger charge is 2.68. The molecule has 0 aromatic rings. The van der Waals surface area contributed by atoms with Gasteiger partial charge in [0.25, 0.3) is 0 Å². The number of hydrogen-bond acceptors (Lipinski definition) is 3. The maximum absolute atomic E-state index is 13.4. The molecule has 1 spiro atoms. The fourth-order valence-electron chi connectivity index (χ4n) is 7.86. The molecule has 4 saturated carbocycles. The van der Waals surface area contributed by atoms with E-state index in [1.165, 1.54) is 26.4 Å². The maximum Gasteiger partial charge on any atom is 0.311 e. The van der Waals surface area contributed by atoms with E-state index in [1.807, 2.05) is 0 Å². The van der Waals surface area contributed by atoms with E-state index in [0.717, 1.165) is 31.6 Å². The molecule has 4 fully saturated rings. The summed E-state index contributed by atoms with van der Waals surface area (Å²) in [5, 5.41) is 0. The van der Waals surface area contributed by atoms with E-state index < -0.39 is 5.41 Å².